The smallest absolute Gasteiger partial charge is 0.406 e. The van der Waals surface area contributed by atoms with E-state index in [1.165, 1.54) is 30.3 Å². The Bertz CT molecular complexity index is 763. The molecule has 0 radical (unpaired) electrons. The maximum Gasteiger partial charge on any atom is 0.573 e. The molecule has 0 aliphatic heterocycles. The van der Waals surface area contributed by atoms with E-state index in [0.29, 0.717) is 11.1 Å². The Morgan fingerprint density at radius 3 is 2.41 bits per heavy atom. The summed E-state index contributed by atoms with van der Waals surface area (Å²) in [6.07, 6.45) is 0.427. The van der Waals surface area contributed by atoms with Crippen molar-refractivity contribution in [2.75, 3.05) is 0 Å². The molecule has 0 heterocycles. The lowest BCUT2D eigenvalue weighted by Crippen LogP contribution is -2.17. The van der Waals surface area contributed by atoms with Gasteiger partial charge in [-0.1, -0.05) is 18.1 Å². The van der Waals surface area contributed by atoms with Crippen LogP contribution in [0, 0.1) is 22.5 Å². The van der Waals surface area contributed by atoms with Gasteiger partial charge in [0.15, 0.2) is 0 Å². The Morgan fingerprint density at radius 1 is 1.14 bits per heavy atom. The molecule has 0 saturated heterocycles. The molecule has 0 unspecified atom stereocenters. The maximum atomic E-state index is 12.2. The van der Waals surface area contributed by atoms with Gasteiger partial charge >= 0.3 is 6.36 Å². The molecule has 0 fully saturated rings. The first-order valence-electron chi connectivity index (χ1n) is 5.91. The third-order valence-electron chi connectivity index (χ3n) is 2.75. The van der Waals surface area contributed by atoms with Crippen molar-refractivity contribution >= 4 is 5.69 Å². The van der Waals surface area contributed by atoms with E-state index in [1.807, 2.05) is 0 Å². The zero-order valence-corrected chi connectivity index (χ0v) is 10.9. The summed E-state index contributed by atoms with van der Waals surface area (Å²) >= 11 is 0. The predicted molar refractivity (Wildman–Crippen MR) is 73.2 cm³/mol. The van der Waals surface area contributed by atoms with Crippen molar-refractivity contribution < 1.29 is 22.8 Å². The second kappa shape index (κ2) is 5.77. The van der Waals surface area contributed by atoms with E-state index in [9.17, 15) is 23.3 Å². The first kappa shape index (κ1) is 15.4. The lowest BCUT2D eigenvalue weighted by molar-refractivity contribution is -0.385. The van der Waals surface area contributed by atoms with Crippen molar-refractivity contribution in [1.29, 1.82) is 0 Å². The van der Waals surface area contributed by atoms with Crippen LogP contribution in [0.5, 0.6) is 5.75 Å². The van der Waals surface area contributed by atoms with Gasteiger partial charge in [-0.2, -0.15) is 0 Å². The number of rotatable bonds is 3. The highest BCUT2D eigenvalue weighted by Gasteiger charge is 2.31. The molecular weight excluding hydrogens is 299 g/mol. The minimum Gasteiger partial charge on any atom is -0.406 e. The van der Waals surface area contributed by atoms with Gasteiger partial charge in [-0.25, -0.2) is 0 Å². The van der Waals surface area contributed by atoms with Gasteiger partial charge in [0.2, 0.25) is 0 Å². The number of halogens is 3. The molecule has 22 heavy (non-hydrogen) atoms. The molecule has 0 atom stereocenters. The molecule has 2 aromatic carbocycles. The Balaban J connectivity index is 2.43. The van der Waals surface area contributed by atoms with Crippen LogP contribution in [0.1, 0.15) is 5.56 Å². The molecule has 4 nitrogen and oxygen atoms in total. The molecule has 112 valence electrons. The normalized spacial score (nSPS) is 10.8. The van der Waals surface area contributed by atoms with E-state index in [0.717, 1.165) is 6.07 Å². The zero-order valence-electron chi connectivity index (χ0n) is 10.9. The fourth-order valence-electron chi connectivity index (χ4n) is 1.86. The highest BCUT2D eigenvalue weighted by atomic mass is 19.4. The molecule has 7 heteroatoms. The fraction of sp³-hybridized carbons (Fsp3) is 0.0667. The van der Waals surface area contributed by atoms with Crippen molar-refractivity contribution in [3.05, 3.63) is 58.1 Å². The van der Waals surface area contributed by atoms with Crippen LogP contribution in [-0.4, -0.2) is 11.3 Å². The van der Waals surface area contributed by atoms with Crippen LogP contribution in [0.3, 0.4) is 0 Å². The molecule has 2 aromatic rings. The predicted octanol–water partition coefficient (Wildman–Crippen LogP) is 4.14. The Hall–Kier alpha value is -3.01. The lowest BCUT2D eigenvalue weighted by Gasteiger charge is -2.10. The quantitative estimate of drug-likeness (QED) is 0.486. The van der Waals surface area contributed by atoms with Gasteiger partial charge < -0.3 is 4.74 Å². The molecule has 2 rings (SSSR count). The lowest BCUT2D eigenvalue weighted by atomic mass is 10.0. The molecule has 0 spiro atoms. The summed E-state index contributed by atoms with van der Waals surface area (Å²) in [5, 5.41) is 10.8. The fourth-order valence-corrected chi connectivity index (χ4v) is 1.86. The Labute approximate surface area is 123 Å². The van der Waals surface area contributed by atoms with E-state index in [1.54, 1.807) is 6.07 Å². The van der Waals surface area contributed by atoms with Crippen LogP contribution < -0.4 is 4.74 Å². The molecule has 0 bridgehead atoms. The van der Waals surface area contributed by atoms with Gasteiger partial charge in [-0.3, -0.25) is 10.1 Å². The number of alkyl halides is 3. The molecule has 0 aliphatic carbocycles. The van der Waals surface area contributed by atoms with Crippen molar-refractivity contribution in [3.8, 4) is 29.2 Å². The number of hydrogen-bond acceptors (Lipinski definition) is 3. The van der Waals surface area contributed by atoms with Crippen molar-refractivity contribution in [1.82, 2.24) is 0 Å². The largest absolute Gasteiger partial charge is 0.573 e. The van der Waals surface area contributed by atoms with Gasteiger partial charge in [-0.05, 0) is 35.4 Å². The van der Waals surface area contributed by atoms with Crippen LogP contribution in [0.15, 0.2) is 42.5 Å². The number of terminal acetylenes is 1. The molecule has 0 aromatic heterocycles. The van der Waals surface area contributed by atoms with Crippen molar-refractivity contribution in [2.24, 2.45) is 0 Å². The molecule has 0 aliphatic rings. The van der Waals surface area contributed by atoms with Gasteiger partial charge in [0.25, 0.3) is 5.69 Å². The topological polar surface area (TPSA) is 52.4 Å². The summed E-state index contributed by atoms with van der Waals surface area (Å²) in [4.78, 5) is 10.2. The minimum absolute atomic E-state index is 0.0460. The van der Waals surface area contributed by atoms with E-state index in [2.05, 4.69) is 10.7 Å². The summed E-state index contributed by atoms with van der Waals surface area (Å²) in [7, 11) is 0. The van der Waals surface area contributed by atoms with Gasteiger partial charge in [0, 0.05) is 6.07 Å². The van der Waals surface area contributed by atoms with Crippen LogP contribution in [0.25, 0.3) is 11.1 Å². The van der Waals surface area contributed by atoms with Crippen LogP contribution in [-0.2, 0) is 0 Å². The van der Waals surface area contributed by atoms with E-state index in [-0.39, 0.29) is 17.0 Å². The second-order valence-electron chi connectivity index (χ2n) is 4.21. The Kier molecular flexibility index (Phi) is 4.04. The SMILES string of the molecule is C#Cc1cc(-c2cccc(OC(F)(F)F)c2)ccc1[N+](=O)[O-]. The van der Waals surface area contributed by atoms with Gasteiger partial charge in [0.05, 0.1) is 4.92 Å². The summed E-state index contributed by atoms with van der Waals surface area (Å²) in [5.74, 6) is 1.80. The maximum absolute atomic E-state index is 12.2. The highest BCUT2D eigenvalue weighted by Crippen LogP contribution is 2.30. The van der Waals surface area contributed by atoms with Crippen molar-refractivity contribution in [3.63, 3.8) is 0 Å². The Morgan fingerprint density at radius 2 is 1.82 bits per heavy atom. The number of ether oxygens (including phenoxy) is 1. The van der Waals surface area contributed by atoms with Crippen molar-refractivity contribution in [2.45, 2.75) is 6.36 Å². The highest BCUT2D eigenvalue weighted by molar-refractivity contribution is 5.69. The van der Waals surface area contributed by atoms with Gasteiger partial charge in [0.1, 0.15) is 11.3 Å². The third-order valence-corrected chi connectivity index (χ3v) is 2.75. The summed E-state index contributed by atoms with van der Waals surface area (Å²) in [5.41, 5.74) is 0.651. The van der Waals surface area contributed by atoms with Crippen LogP contribution >= 0.6 is 0 Å². The van der Waals surface area contributed by atoms with E-state index < -0.39 is 11.3 Å². The molecule has 0 amide bonds. The monoisotopic (exact) mass is 307 g/mol. The molecule has 0 N–H and O–H groups in total. The number of nitro groups is 1. The zero-order chi connectivity index (χ0) is 16.3. The third kappa shape index (κ3) is 3.55. The first-order valence-corrected chi connectivity index (χ1v) is 5.91. The summed E-state index contributed by atoms with van der Waals surface area (Å²) in [6.45, 7) is 0. The van der Waals surface area contributed by atoms with Crippen LogP contribution in [0.2, 0.25) is 0 Å². The number of benzene rings is 2. The standard InChI is InChI=1S/C15H8F3NO3/c1-2-10-8-12(6-7-14(10)19(20)21)11-4-3-5-13(9-11)22-15(16,17)18/h1,3-9H. The second-order valence-corrected chi connectivity index (χ2v) is 4.21. The van der Waals surface area contributed by atoms with Gasteiger partial charge in [-0.15, -0.1) is 19.6 Å². The average Bonchev–Trinajstić information content (AvgIpc) is 2.45. The van der Waals surface area contributed by atoms with E-state index in [4.69, 9.17) is 6.42 Å². The van der Waals surface area contributed by atoms with Crippen LogP contribution in [0.4, 0.5) is 18.9 Å². The number of hydrogen-bond donors (Lipinski definition) is 0. The summed E-state index contributed by atoms with van der Waals surface area (Å²) in [6, 6.07) is 9.25. The average molecular weight is 307 g/mol. The summed E-state index contributed by atoms with van der Waals surface area (Å²) < 4.78 is 40.5. The number of nitro benzene ring substituents is 1. The molecule has 0 saturated carbocycles. The minimum atomic E-state index is -4.79. The number of nitrogens with zero attached hydrogens (tertiary/aromatic N) is 1. The molecular formula is C15H8F3NO3. The first-order chi connectivity index (χ1) is 10.3. The van der Waals surface area contributed by atoms with E-state index >= 15 is 0 Å².